The molecule has 1 aromatic carbocycles. The van der Waals surface area contributed by atoms with Gasteiger partial charge in [-0.05, 0) is 37.6 Å². The minimum atomic E-state index is -0.993. The Balaban J connectivity index is 3.28. The standard InChI is InChI=1S/C12H11BrFNO/c1-8(16)6-12(2,7-15)10-5-9(14)3-4-11(10)13/h3-5H,6H2,1-2H3. The SMILES string of the molecule is CC(=O)CC(C)(C#N)c1cc(F)ccc1Br. The highest BCUT2D eigenvalue weighted by Crippen LogP contribution is 2.33. The predicted octanol–water partition coefficient (Wildman–Crippen LogP) is 3.35. The molecule has 1 rings (SSSR count). The van der Waals surface area contributed by atoms with Crippen LogP contribution in [-0.2, 0) is 10.2 Å². The molecule has 0 aliphatic rings. The number of nitrogens with zero attached hydrogens (tertiary/aromatic N) is 1. The van der Waals surface area contributed by atoms with Gasteiger partial charge < -0.3 is 0 Å². The zero-order valence-corrected chi connectivity index (χ0v) is 10.6. The highest BCUT2D eigenvalue weighted by Gasteiger charge is 2.30. The highest BCUT2D eigenvalue weighted by molar-refractivity contribution is 9.10. The lowest BCUT2D eigenvalue weighted by Crippen LogP contribution is -2.23. The molecule has 0 heterocycles. The molecule has 0 saturated carbocycles. The molecule has 84 valence electrons. The van der Waals surface area contributed by atoms with Crippen molar-refractivity contribution < 1.29 is 9.18 Å². The summed E-state index contributed by atoms with van der Waals surface area (Å²) in [6, 6.07) is 6.21. The summed E-state index contributed by atoms with van der Waals surface area (Å²) in [4.78, 5) is 11.1. The van der Waals surface area contributed by atoms with Crippen molar-refractivity contribution in [2.45, 2.75) is 25.7 Å². The number of Topliss-reactive ketones (excluding diaryl/α,β-unsaturated/α-hetero) is 1. The summed E-state index contributed by atoms with van der Waals surface area (Å²) in [6.07, 6.45) is 0.0750. The van der Waals surface area contributed by atoms with E-state index in [-0.39, 0.29) is 12.2 Å². The number of carbonyl (C=O) groups excluding carboxylic acids is 1. The van der Waals surface area contributed by atoms with Crippen LogP contribution in [0.4, 0.5) is 4.39 Å². The van der Waals surface area contributed by atoms with Gasteiger partial charge in [-0.3, -0.25) is 4.79 Å². The fourth-order valence-corrected chi connectivity index (χ4v) is 2.30. The van der Waals surface area contributed by atoms with Crippen LogP contribution in [-0.4, -0.2) is 5.78 Å². The van der Waals surface area contributed by atoms with E-state index < -0.39 is 11.2 Å². The quantitative estimate of drug-likeness (QED) is 0.854. The van der Waals surface area contributed by atoms with Gasteiger partial charge in [-0.2, -0.15) is 5.26 Å². The molecule has 1 atom stereocenters. The molecule has 4 heteroatoms. The maximum absolute atomic E-state index is 13.1. The first-order valence-electron chi connectivity index (χ1n) is 4.75. The van der Waals surface area contributed by atoms with Gasteiger partial charge in [0.1, 0.15) is 11.6 Å². The Morgan fingerprint density at radius 2 is 2.25 bits per heavy atom. The Labute approximate surface area is 102 Å². The Bertz CT molecular complexity index is 467. The summed E-state index contributed by atoms with van der Waals surface area (Å²) >= 11 is 3.27. The lowest BCUT2D eigenvalue weighted by molar-refractivity contribution is -0.117. The molecule has 0 N–H and O–H groups in total. The summed E-state index contributed by atoms with van der Waals surface area (Å²) in [5.74, 6) is -0.511. The Kier molecular flexibility index (Phi) is 3.82. The van der Waals surface area contributed by atoms with E-state index in [0.717, 1.165) is 0 Å². The second-order valence-electron chi connectivity index (χ2n) is 3.95. The molecular weight excluding hydrogens is 273 g/mol. The normalized spacial score (nSPS) is 13.9. The highest BCUT2D eigenvalue weighted by atomic mass is 79.9. The molecule has 0 radical (unpaired) electrons. The van der Waals surface area contributed by atoms with Crippen LogP contribution in [0.15, 0.2) is 22.7 Å². The molecule has 1 aromatic rings. The molecule has 0 aliphatic heterocycles. The van der Waals surface area contributed by atoms with E-state index in [1.165, 1.54) is 19.1 Å². The van der Waals surface area contributed by atoms with Crippen molar-refractivity contribution in [2.24, 2.45) is 0 Å². The minimum Gasteiger partial charge on any atom is -0.300 e. The summed E-state index contributed by atoms with van der Waals surface area (Å²) in [5, 5.41) is 9.16. The van der Waals surface area contributed by atoms with Gasteiger partial charge in [0, 0.05) is 10.9 Å². The largest absolute Gasteiger partial charge is 0.300 e. The van der Waals surface area contributed by atoms with Crippen LogP contribution in [0.3, 0.4) is 0 Å². The van der Waals surface area contributed by atoms with Crippen LogP contribution in [0, 0.1) is 17.1 Å². The monoisotopic (exact) mass is 283 g/mol. The number of ketones is 1. The maximum atomic E-state index is 13.1. The maximum Gasteiger partial charge on any atom is 0.131 e. The third-order valence-electron chi connectivity index (χ3n) is 2.37. The van der Waals surface area contributed by atoms with Crippen molar-refractivity contribution in [2.75, 3.05) is 0 Å². The zero-order chi connectivity index (χ0) is 12.3. The number of rotatable bonds is 3. The van der Waals surface area contributed by atoms with Gasteiger partial charge in [0.25, 0.3) is 0 Å². The molecule has 0 aliphatic carbocycles. The van der Waals surface area contributed by atoms with E-state index in [9.17, 15) is 9.18 Å². The smallest absolute Gasteiger partial charge is 0.131 e. The van der Waals surface area contributed by atoms with E-state index in [1.807, 2.05) is 0 Å². The lowest BCUT2D eigenvalue weighted by Gasteiger charge is -2.22. The number of nitriles is 1. The number of hydrogen-bond acceptors (Lipinski definition) is 2. The van der Waals surface area contributed by atoms with Gasteiger partial charge in [0.15, 0.2) is 0 Å². The van der Waals surface area contributed by atoms with Crippen LogP contribution in [0.25, 0.3) is 0 Å². The Hall–Kier alpha value is -1.21. The molecule has 16 heavy (non-hydrogen) atoms. The Morgan fingerprint density at radius 3 is 2.75 bits per heavy atom. The van der Waals surface area contributed by atoms with Crippen molar-refractivity contribution in [3.8, 4) is 6.07 Å². The third-order valence-corrected chi connectivity index (χ3v) is 3.06. The van der Waals surface area contributed by atoms with Gasteiger partial charge in [0.2, 0.25) is 0 Å². The molecule has 0 bridgehead atoms. The van der Waals surface area contributed by atoms with E-state index in [1.54, 1.807) is 13.0 Å². The molecular formula is C12H11BrFNO. The van der Waals surface area contributed by atoms with Crippen LogP contribution in [0.2, 0.25) is 0 Å². The van der Waals surface area contributed by atoms with Gasteiger partial charge in [-0.25, -0.2) is 4.39 Å². The molecule has 2 nitrogen and oxygen atoms in total. The van der Waals surface area contributed by atoms with Gasteiger partial charge in [-0.15, -0.1) is 0 Å². The number of carbonyl (C=O) groups is 1. The third kappa shape index (κ3) is 2.67. The number of hydrogen-bond donors (Lipinski definition) is 0. The molecule has 0 fully saturated rings. The average molecular weight is 284 g/mol. The first-order chi connectivity index (χ1) is 7.39. The second-order valence-corrected chi connectivity index (χ2v) is 4.80. The fraction of sp³-hybridized carbons (Fsp3) is 0.333. The van der Waals surface area contributed by atoms with Gasteiger partial charge in [-0.1, -0.05) is 15.9 Å². The van der Waals surface area contributed by atoms with Crippen LogP contribution < -0.4 is 0 Å². The first kappa shape index (κ1) is 12.9. The van der Waals surface area contributed by atoms with E-state index in [4.69, 9.17) is 5.26 Å². The average Bonchev–Trinajstić information content (AvgIpc) is 2.20. The van der Waals surface area contributed by atoms with Gasteiger partial charge in [0.05, 0.1) is 11.5 Å². The van der Waals surface area contributed by atoms with Gasteiger partial charge >= 0.3 is 0 Å². The van der Waals surface area contributed by atoms with Crippen molar-refractivity contribution in [3.05, 3.63) is 34.1 Å². The molecule has 1 unspecified atom stereocenters. The van der Waals surface area contributed by atoms with Crippen molar-refractivity contribution >= 4 is 21.7 Å². The molecule has 0 saturated heterocycles. The second kappa shape index (κ2) is 4.75. The summed E-state index contributed by atoms with van der Waals surface area (Å²) in [6.45, 7) is 3.05. The summed E-state index contributed by atoms with van der Waals surface area (Å²) in [7, 11) is 0. The zero-order valence-electron chi connectivity index (χ0n) is 9.05. The van der Waals surface area contributed by atoms with Crippen LogP contribution in [0.1, 0.15) is 25.8 Å². The number of halogens is 2. The van der Waals surface area contributed by atoms with Crippen LogP contribution >= 0.6 is 15.9 Å². The molecule has 0 amide bonds. The van der Waals surface area contributed by atoms with Crippen molar-refractivity contribution in [1.29, 1.82) is 5.26 Å². The minimum absolute atomic E-state index is 0.0750. The topological polar surface area (TPSA) is 40.9 Å². The van der Waals surface area contributed by atoms with E-state index in [2.05, 4.69) is 22.0 Å². The first-order valence-corrected chi connectivity index (χ1v) is 5.54. The van der Waals surface area contributed by atoms with Crippen LogP contribution in [0.5, 0.6) is 0 Å². The lowest BCUT2D eigenvalue weighted by atomic mass is 9.80. The van der Waals surface area contributed by atoms with Crippen molar-refractivity contribution in [3.63, 3.8) is 0 Å². The predicted molar refractivity (Wildman–Crippen MR) is 62.4 cm³/mol. The van der Waals surface area contributed by atoms with E-state index >= 15 is 0 Å². The fourth-order valence-electron chi connectivity index (χ4n) is 1.61. The summed E-state index contributed by atoms with van der Waals surface area (Å²) < 4.78 is 13.8. The van der Waals surface area contributed by atoms with Crippen molar-refractivity contribution in [1.82, 2.24) is 0 Å². The molecule has 0 aromatic heterocycles. The van der Waals surface area contributed by atoms with E-state index in [0.29, 0.717) is 10.0 Å². The molecule has 0 spiro atoms. The Morgan fingerprint density at radius 1 is 1.62 bits per heavy atom. The summed E-state index contributed by atoms with van der Waals surface area (Å²) in [5.41, 5.74) is -0.488. The number of benzene rings is 1.